The highest BCUT2D eigenvalue weighted by Crippen LogP contribution is 2.44. The lowest BCUT2D eigenvalue weighted by molar-refractivity contribution is -0.142. The van der Waals surface area contributed by atoms with Gasteiger partial charge in [-0.2, -0.15) is 18.6 Å². The van der Waals surface area contributed by atoms with Gasteiger partial charge in [-0.05, 0) is 13.0 Å². The van der Waals surface area contributed by atoms with Gasteiger partial charge in [-0.25, -0.2) is 10.3 Å². The van der Waals surface area contributed by atoms with Gasteiger partial charge >= 0.3 is 16.4 Å². The summed E-state index contributed by atoms with van der Waals surface area (Å²) in [7, 11) is -3.31. The fourth-order valence-electron chi connectivity index (χ4n) is 3.62. The summed E-state index contributed by atoms with van der Waals surface area (Å²) in [6.45, 7) is 1.38. The number of nitrogens with one attached hydrogen (secondary N) is 2. The highest BCUT2D eigenvalue weighted by molar-refractivity contribution is 7.80. The minimum atomic E-state index is -4.91. The molecule has 3 N–H and O–H groups in total. The Hall–Kier alpha value is -2.26. The van der Waals surface area contributed by atoms with E-state index in [1.165, 1.54) is 10.9 Å². The molecule has 3 aliphatic heterocycles. The predicted molar refractivity (Wildman–Crippen MR) is 85.8 cm³/mol. The lowest BCUT2D eigenvalue weighted by atomic mass is 9.97. The van der Waals surface area contributed by atoms with E-state index in [1.807, 2.05) is 0 Å². The third kappa shape index (κ3) is 3.14. The van der Waals surface area contributed by atoms with Gasteiger partial charge in [-0.15, -0.1) is 4.28 Å². The van der Waals surface area contributed by atoms with Crippen LogP contribution in [0.15, 0.2) is 6.20 Å². The summed E-state index contributed by atoms with van der Waals surface area (Å²) < 4.78 is 37.0. The second-order valence-electron chi connectivity index (χ2n) is 6.49. The van der Waals surface area contributed by atoms with Gasteiger partial charge in [0, 0.05) is 19.2 Å². The van der Waals surface area contributed by atoms with E-state index in [2.05, 4.69) is 20.2 Å². The maximum Gasteiger partial charge on any atom is 0.418 e. The molecule has 0 aliphatic carbocycles. The van der Waals surface area contributed by atoms with Gasteiger partial charge in [0.1, 0.15) is 6.04 Å². The summed E-state index contributed by atoms with van der Waals surface area (Å²) >= 11 is 0. The average Bonchev–Trinajstić information content (AvgIpc) is 3.30. The quantitative estimate of drug-likeness (QED) is 0.390. The molecule has 3 atom stereocenters. The molecule has 0 saturated carbocycles. The van der Waals surface area contributed by atoms with Crippen LogP contribution in [0.2, 0.25) is 0 Å². The van der Waals surface area contributed by atoms with Crippen molar-refractivity contribution < 1.29 is 31.7 Å². The Morgan fingerprint density at radius 1 is 1.48 bits per heavy atom. The Kier molecular flexibility index (Phi) is 4.31. The van der Waals surface area contributed by atoms with E-state index in [9.17, 15) is 18.0 Å². The molecule has 148 valence electrons. The number of carbonyl (C=O) groups is 2. The first kappa shape index (κ1) is 18.1. The molecule has 13 nitrogen and oxygen atoms in total. The first-order valence-electron chi connectivity index (χ1n) is 8.21. The number of urea groups is 1. The van der Waals surface area contributed by atoms with Crippen LogP contribution in [-0.4, -0.2) is 70.4 Å². The molecule has 27 heavy (non-hydrogen) atoms. The SMILES string of the molecule is Cn1ncc2c1C(C(=O)NOC1CCNC1)N1CC2N(OS(=O)(=O)O)C1=O. The van der Waals surface area contributed by atoms with E-state index >= 15 is 0 Å². The van der Waals surface area contributed by atoms with Crippen molar-refractivity contribution in [2.75, 3.05) is 19.6 Å². The molecule has 14 heteroatoms. The predicted octanol–water partition coefficient (Wildman–Crippen LogP) is -1.60. The Morgan fingerprint density at radius 2 is 2.26 bits per heavy atom. The van der Waals surface area contributed by atoms with Gasteiger partial charge in [0.2, 0.25) is 0 Å². The zero-order chi connectivity index (χ0) is 19.3. The number of hydroxylamine groups is 3. The molecule has 3 aliphatic rings. The van der Waals surface area contributed by atoms with Gasteiger partial charge in [0.15, 0.2) is 6.04 Å². The minimum Gasteiger partial charge on any atom is -0.314 e. The average molecular weight is 402 g/mol. The van der Waals surface area contributed by atoms with Crippen LogP contribution < -0.4 is 10.8 Å². The van der Waals surface area contributed by atoms with Crippen LogP contribution in [0.3, 0.4) is 0 Å². The number of hydrogen-bond donors (Lipinski definition) is 3. The number of hydrogen-bond acceptors (Lipinski definition) is 8. The Morgan fingerprint density at radius 3 is 2.93 bits per heavy atom. The van der Waals surface area contributed by atoms with Crippen LogP contribution in [0.1, 0.15) is 29.8 Å². The molecular formula is C13H18N6O7S. The summed E-state index contributed by atoms with van der Waals surface area (Å²) in [6.07, 6.45) is 1.99. The minimum absolute atomic E-state index is 0.00385. The van der Waals surface area contributed by atoms with Crippen molar-refractivity contribution in [2.24, 2.45) is 7.05 Å². The Bertz CT molecular complexity index is 880. The number of aromatic nitrogens is 2. The van der Waals surface area contributed by atoms with Gasteiger partial charge in [-0.3, -0.25) is 18.9 Å². The van der Waals surface area contributed by atoms with Gasteiger partial charge in [0.25, 0.3) is 5.91 Å². The zero-order valence-electron chi connectivity index (χ0n) is 14.2. The van der Waals surface area contributed by atoms with Crippen LogP contribution in [0.5, 0.6) is 0 Å². The van der Waals surface area contributed by atoms with E-state index in [0.29, 0.717) is 22.9 Å². The van der Waals surface area contributed by atoms with E-state index in [-0.39, 0.29) is 12.6 Å². The fraction of sp³-hybridized carbons (Fsp3) is 0.615. The first-order chi connectivity index (χ1) is 12.8. The fourth-order valence-corrected chi connectivity index (χ4v) is 3.99. The summed E-state index contributed by atoms with van der Waals surface area (Å²) in [5, 5.41) is 7.73. The maximum absolute atomic E-state index is 12.8. The van der Waals surface area contributed by atoms with Crippen LogP contribution in [0.4, 0.5) is 4.79 Å². The van der Waals surface area contributed by atoms with Crippen molar-refractivity contribution in [3.05, 3.63) is 17.5 Å². The van der Waals surface area contributed by atoms with Crippen molar-refractivity contribution >= 4 is 22.3 Å². The Balaban J connectivity index is 1.62. The monoisotopic (exact) mass is 402 g/mol. The molecule has 2 bridgehead atoms. The first-order valence-corrected chi connectivity index (χ1v) is 9.57. The summed E-state index contributed by atoms with van der Waals surface area (Å²) in [5.41, 5.74) is 3.24. The maximum atomic E-state index is 12.8. The van der Waals surface area contributed by atoms with Crippen LogP contribution in [0.25, 0.3) is 0 Å². The molecule has 4 rings (SSSR count). The summed E-state index contributed by atoms with van der Waals surface area (Å²) in [6, 6.07) is -2.77. The smallest absolute Gasteiger partial charge is 0.314 e. The molecule has 1 aromatic rings. The molecule has 1 aromatic heterocycles. The number of nitrogens with zero attached hydrogens (tertiary/aromatic N) is 4. The van der Waals surface area contributed by atoms with Crippen molar-refractivity contribution in [1.82, 2.24) is 30.5 Å². The van der Waals surface area contributed by atoms with Gasteiger partial charge in [0.05, 0.1) is 24.5 Å². The van der Waals surface area contributed by atoms with Crippen LogP contribution in [-0.2, 0) is 31.4 Å². The molecule has 0 aromatic carbocycles. The van der Waals surface area contributed by atoms with E-state index in [4.69, 9.17) is 9.39 Å². The molecule has 2 saturated heterocycles. The molecule has 3 unspecified atom stereocenters. The number of aryl methyl sites for hydroxylation is 1. The number of amides is 3. The Labute approximate surface area is 154 Å². The van der Waals surface area contributed by atoms with Crippen LogP contribution >= 0.6 is 0 Å². The van der Waals surface area contributed by atoms with Gasteiger partial charge < -0.3 is 10.2 Å². The van der Waals surface area contributed by atoms with Gasteiger partial charge in [-0.1, -0.05) is 0 Å². The van der Waals surface area contributed by atoms with Crippen molar-refractivity contribution in [1.29, 1.82) is 0 Å². The highest BCUT2D eigenvalue weighted by atomic mass is 32.3. The third-order valence-electron chi connectivity index (χ3n) is 4.80. The second kappa shape index (κ2) is 6.42. The summed E-state index contributed by atoms with van der Waals surface area (Å²) in [4.78, 5) is 31.9. The van der Waals surface area contributed by atoms with Crippen molar-refractivity contribution in [2.45, 2.75) is 24.6 Å². The lowest BCUT2D eigenvalue weighted by Crippen LogP contribution is -2.45. The zero-order valence-corrected chi connectivity index (χ0v) is 15.0. The molecule has 3 amide bonds. The number of carbonyl (C=O) groups excluding carboxylic acids is 2. The standard InChI is InChI=1S/C13H18N6O7S/c1-17-10-8(5-15-17)9-6-18(13(21)19(9)26-27(22,23)24)11(10)12(20)16-25-7-2-3-14-4-7/h5,7,9,11,14H,2-4,6H2,1H3,(H,16,20)(H,22,23,24). The molecular weight excluding hydrogens is 384 g/mol. The van der Waals surface area contributed by atoms with E-state index in [0.717, 1.165) is 17.9 Å². The third-order valence-corrected chi connectivity index (χ3v) is 5.14. The molecule has 4 heterocycles. The molecule has 0 spiro atoms. The number of fused-ring (bicyclic) bond motifs is 4. The molecule has 0 radical (unpaired) electrons. The van der Waals surface area contributed by atoms with Crippen molar-refractivity contribution in [3.8, 4) is 0 Å². The largest absolute Gasteiger partial charge is 0.418 e. The topological polar surface area (TPSA) is 155 Å². The normalized spacial score (nSPS) is 27.2. The summed E-state index contributed by atoms with van der Waals surface area (Å²) in [5.74, 6) is -0.591. The van der Waals surface area contributed by atoms with E-state index < -0.39 is 34.4 Å². The molecule has 2 fully saturated rings. The highest BCUT2D eigenvalue weighted by Gasteiger charge is 2.54. The van der Waals surface area contributed by atoms with Crippen molar-refractivity contribution in [3.63, 3.8) is 0 Å². The second-order valence-corrected chi connectivity index (χ2v) is 7.49. The van der Waals surface area contributed by atoms with Crippen LogP contribution in [0, 0.1) is 0 Å². The number of rotatable bonds is 5. The lowest BCUT2D eigenvalue weighted by Gasteiger charge is -2.30. The van der Waals surface area contributed by atoms with E-state index in [1.54, 1.807) is 7.05 Å².